The molecule has 1 heterocycles. The average Bonchev–Trinajstić information content (AvgIpc) is 2.56. The van der Waals surface area contributed by atoms with Gasteiger partial charge in [-0.2, -0.15) is 5.26 Å². The second-order valence-corrected chi connectivity index (χ2v) is 5.24. The van der Waals surface area contributed by atoms with Crippen molar-refractivity contribution in [2.75, 3.05) is 11.9 Å². The van der Waals surface area contributed by atoms with Gasteiger partial charge in [-0.15, -0.1) is 0 Å². The summed E-state index contributed by atoms with van der Waals surface area (Å²) in [6, 6.07) is 17.4. The van der Waals surface area contributed by atoms with Gasteiger partial charge in [0.05, 0.1) is 23.8 Å². The summed E-state index contributed by atoms with van der Waals surface area (Å²) in [4.78, 5) is 4.57. The fourth-order valence-corrected chi connectivity index (χ4v) is 2.48. The monoisotopic (exact) mass is 303 g/mol. The topological polar surface area (TPSA) is 57.9 Å². The molecule has 23 heavy (non-hydrogen) atoms. The Bertz CT molecular complexity index is 879. The largest absolute Gasteiger partial charge is 0.494 e. The molecule has 0 aliphatic heterocycles. The number of hydrogen-bond acceptors (Lipinski definition) is 4. The highest BCUT2D eigenvalue weighted by atomic mass is 16.5. The van der Waals surface area contributed by atoms with E-state index < -0.39 is 0 Å². The molecular formula is C19H17N3O. The maximum atomic E-state index is 8.88. The summed E-state index contributed by atoms with van der Waals surface area (Å²) in [5.74, 6) is 0.827. The number of benzene rings is 2. The van der Waals surface area contributed by atoms with E-state index in [0.717, 1.165) is 33.7 Å². The Morgan fingerprint density at radius 2 is 1.91 bits per heavy atom. The van der Waals surface area contributed by atoms with E-state index in [1.807, 2.05) is 50.2 Å². The lowest BCUT2D eigenvalue weighted by Crippen LogP contribution is -1.96. The molecule has 0 amide bonds. The maximum absolute atomic E-state index is 8.88. The Kier molecular flexibility index (Phi) is 4.11. The zero-order valence-corrected chi connectivity index (χ0v) is 13.1. The third-order valence-electron chi connectivity index (χ3n) is 3.51. The Morgan fingerprint density at radius 1 is 1.13 bits per heavy atom. The molecule has 0 bridgehead atoms. The average molecular weight is 303 g/mol. The number of nitrogens with zero attached hydrogens (tertiary/aromatic N) is 2. The minimum absolute atomic E-state index is 0.628. The summed E-state index contributed by atoms with van der Waals surface area (Å²) in [7, 11) is 0. The highest BCUT2D eigenvalue weighted by Gasteiger charge is 2.06. The van der Waals surface area contributed by atoms with Crippen LogP contribution in [-0.4, -0.2) is 11.6 Å². The van der Waals surface area contributed by atoms with Crippen molar-refractivity contribution >= 4 is 22.3 Å². The van der Waals surface area contributed by atoms with E-state index >= 15 is 0 Å². The number of nitriles is 1. The first-order valence-electron chi connectivity index (χ1n) is 7.51. The van der Waals surface area contributed by atoms with Crippen LogP contribution in [0.3, 0.4) is 0 Å². The molecule has 0 fully saturated rings. The van der Waals surface area contributed by atoms with Crippen LogP contribution in [0, 0.1) is 18.3 Å². The first-order valence-corrected chi connectivity index (χ1v) is 7.51. The van der Waals surface area contributed by atoms with Gasteiger partial charge in [-0.05, 0) is 62.4 Å². The molecule has 0 atom stereocenters. The van der Waals surface area contributed by atoms with Crippen LogP contribution in [0.25, 0.3) is 10.9 Å². The molecule has 3 rings (SSSR count). The minimum Gasteiger partial charge on any atom is -0.494 e. The number of fused-ring (bicyclic) bond motifs is 1. The molecule has 0 saturated heterocycles. The Labute approximate surface area is 135 Å². The smallest absolute Gasteiger partial charge is 0.120 e. The number of anilines is 2. The van der Waals surface area contributed by atoms with Crippen molar-refractivity contribution in [3.63, 3.8) is 0 Å². The molecule has 0 aliphatic rings. The number of nitrogens with one attached hydrogen (secondary N) is 1. The molecule has 0 spiro atoms. The minimum atomic E-state index is 0.628. The number of ether oxygens (including phenoxy) is 1. The summed E-state index contributed by atoms with van der Waals surface area (Å²) in [6.45, 7) is 4.57. The molecule has 3 aromatic rings. The van der Waals surface area contributed by atoms with Crippen molar-refractivity contribution < 1.29 is 4.74 Å². The van der Waals surface area contributed by atoms with Crippen molar-refractivity contribution in [1.82, 2.24) is 4.98 Å². The standard InChI is InChI=1S/C19H17N3O/c1-3-23-16-8-9-18-17(11-16)19(10-13(2)21-18)22-15-6-4-14(12-20)5-7-15/h4-11H,3H2,1-2H3,(H,21,22). The van der Waals surface area contributed by atoms with E-state index in [-0.39, 0.29) is 0 Å². The van der Waals surface area contributed by atoms with Crippen LogP contribution in [0.2, 0.25) is 0 Å². The first-order chi connectivity index (χ1) is 11.2. The summed E-state index contributed by atoms with van der Waals surface area (Å²) in [5, 5.41) is 13.3. The molecule has 0 unspecified atom stereocenters. The van der Waals surface area contributed by atoms with E-state index in [2.05, 4.69) is 16.4 Å². The number of rotatable bonds is 4. The molecule has 1 aromatic heterocycles. The molecule has 114 valence electrons. The molecule has 4 heteroatoms. The zero-order valence-electron chi connectivity index (χ0n) is 13.1. The van der Waals surface area contributed by atoms with Crippen LogP contribution in [0.5, 0.6) is 5.75 Å². The lowest BCUT2D eigenvalue weighted by atomic mass is 10.1. The zero-order chi connectivity index (χ0) is 16.2. The molecule has 1 N–H and O–H groups in total. The van der Waals surface area contributed by atoms with Crippen molar-refractivity contribution in [2.45, 2.75) is 13.8 Å². The second kappa shape index (κ2) is 6.37. The number of pyridine rings is 1. The van der Waals surface area contributed by atoms with Crippen molar-refractivity contribution in [3.8, 4) is 11.8 Å². The van der Waals surface area contributed by atoms with Gasteiger partial charge >= 0.3 is 0 Å². The fourth-order valence-electron chi connectivity index (χ4n) is 2.48. The van der Waals surface area contributed by atoms with Gasteiger partial charge in [0.2, 0.25) is 0 Å². The fraction of sp³-hybridized carbons (Fsp3) is 0.158. The van der Waals surface area contributed by atoms with Gasteiger partial charge in [0, 0.05) is 22.5 Å². The van der Waals surface area contributed by atoms with Crippen LogP contribution in [0.15, 0.2) is 48.5 Å². The third kappa shape index (κ3) is 3.24. The molecule has 2 aromatic carbocycles. The summed E-state index contributed by atoms with van der Waals surface area (Å²) < 4.78 is 5.59. The number of hydrogen-bond donors (Lipinski definition) is 1. The van der Waals surface area contributed by atoms with Crippen LogP contribution in [0.1, 0.15) is 18.2 Å². The van der Waals surface area contributed by atoms with Crippen LogP contribution >= 0.6 is 0 Å². The highest BCUT2D eigenvalue weighted by Crippen LogP contribution is 2.29. The lowest BCUT2D eigenvalue weighted by Gasteiger charge is -2.12. The third-order valence-corrected chi connectivity index (χ3v) is 3.51. The van der Waals surface area contributed by atoms with Crippen molar-refractivity contribution in [2.24, 2.45) is 0 Å². The number of aromatic nitrogens is 1. The van der Waals surface area contributed by atoms with Crippen LogP contribution in [0.4, 0.5) is 11.4 Å². The summed E-state index contributed by atoms with van der Waals surface area (Å²) in [6.07, 6.45) is 0. The number of aryl methyl sites for hydroxylation is 1. The normalized spacial score (nSPS) is 10.3. The first kappa shape index (κ1) is 14.9. The van der Waals surface area contributed by atoms with Crippen molar-refractivity contribution in [1.29, 1.82) is 5.26 Å². The Balaban J connectivity index is 2.03. The van der Waals surface area contributed by atoms with E-state index in [1.165, 1.54) is 0 Å². The summed E-state index contributed by atoms with van der Waals surface area (Å²) >= 11 is 0. The van der Waals surface area contributed by atoms with Crippen molar-refractivity contribution in [3.05, 3.63) is 59.8 Å². The molecule has 0 radical (unpaired) electrons. The molecule has 0 aliphatic carbocycles. The van der Waals surface area contributed by atoms with Gasteiger partial charge in [0.15, 0.2) is 0 Å². The molecular weight excluding hydrogens is 286 g/mol. The second-order valence-electron chi connectivity index (χ2n) is 5.24. The van der Waals surface area contributed by atoms with Gasteiger partial charge in [0.1, 0.15) is 5.75 Å². The predicted octanol–water partition coefficient (Wildman–Crippen LogP) is 4.56. The van der Waals surface area contributed by atoms with E-state index in [1.54, 1.807) is 12.1 Å². The SMILES string of the molecule is CCOc1ccc2nc(C)cc(Nc3ccc(C#N)cc3)c2c1. The molecule has 0 saturated carbocycles. The van der Waals surface area contributed by atoms with Crippen LogP contribution in [-0.2, 0) is 0 Å². The van der Waals surface area contributed by atoms with Gasteiger partial charge in [-0.1, -0.05) is 0 Å². The van der Waals surface area contributed by atoms with Gasteiger partial charge in [-0.3, -0.25) is 4.98 Å². The van der Waals surface area contributed by atoms with E-state index in [9.17, 15) is 0 Å². The van der Waals surface area contributed by atoms with E-state index in [4.69, 9.17) is 10.00 Å². The maximum Gasteiger partial charge on any atom is 0.120 e. The highest BCUT2D eigenvalue weighted by molar-refractivity contribution is 5.94. The predicted molar refractivity (Wildman–Crippen MR) is 92.1 cm³/mol. The molecule has 4 nitrogen and oxygen atoms in total. The van der Waals surface area contributed by atoms with E-state index in [0.29, 0.717) is 12.2 Å². The lowest BCUT2D eigenvalue weighted by molar-refractivity contribution is 0.340. The Hall–Kier alpha value is -3.06. The van der Waals surface area contributed by atoms with Gasteiger partial charge in [-0.25, -0.2) is 0 Å². The quantitative estimate of drug-likeness (QED) is 0.767. The van der Waals surface area contributed by atoms with Crippen LogP contribution < -0.4 is 10.1 Å². The van der Waals surface area contributed by atoms with Gasteiger partial charge in [0.25, 0.3) is 0 Å². The summed E-state index contributed by atoms with van der Waals surface area (Å²) in [5.41, 5.74) is 4.41. The van der Waals surface area contributed by atoms with Gasteiger partial charge < -0.3 is 10.1 Å². The Morgan fingerprint density at radius 3 is 2.61 bits per heavy atom.